The molecule has 214 valence electrons. The number of pyridine rings is 1. The van der Waals surface area contributed by atoms with Gasteiger partial charge in [-0.05, 0) is 86.4 Å². The van der Waals surface area contributed by atoms with Gasteiger partial charge in [0.2, 0.25) is 0 Å². The molecule has 0 aliphatic heterocycles. The van der Waals surface area contributed by atoms with Crippen LogP contribution in [0.25, 0.3) is 0 Å². The number of hydrogen-bond donors (Lipinski definition) is 1. The Morgan fingerprint density at radius 1 is 1.18 bits per heavy atom. The summed E-state index contributed by atoms with van der Waals surface area (Å²) in [5.41, 5.74) is -5.35. The molecule has 1 amide bonds. The predicted octanol–water partition coefficient (Wildman–Crippen LogP) is 6.10. The first kappa shape index (κ1) is 28.4. The van der Waals surface area contributed by atoms with E-state index in [9.17, 15) is 31.9 Å². The summed E-state index contributed by atoms with van der Waals surface area (Å²) in [6, 6.07) is 1.39. The van der Waals surface area contributed by atoms with Crippen LogP contribution in [0, 0.1) is 14.8 Å². The van der Waals surface area contributed by atoms with E-state index in [1.807, 2.05) is 0 Å². The molecule has 4 saturated carbocycles. The molecule has 39 heavy (non-hydrogen) atoms. The molecule has 1 N–H and O–H groups in total. The number of halogens is 6. The normalized spacial score (nSPS) is 30.6. The SMILES string of the molecule is CC(C)(F)c1nc(C23CCC(CN(C(=O)O[C@H]4C[C@](O)(C(F)(F)F)C4)c4cc(I)c(F)cn4)(CC2)CC3)no1. The quantitative estimate of drug-likeness (QED) is 0.293. The van der Waals surface area contributed by atoms with Crippen molar-refractivity contribution in [3.63, 3.8) is 0 Å². The second-order valence-corrected chi connectivity index (χ2v) is 12.8. The monoisotopic (exact) mass is 670 g/mol. The van der Waals surface area contributed by atoms with E-state index >= 15 is 0 Å². The van der Waals surface area contributed by atoms with E-state index in [0.29, 0.717) is 44.3 Å². The third-order valence-corrected chi connectivity index (χ3v) is 9.35. The van der Waals surface area contributed by atoms with Crippen LogP contribution in [0.4, 0.5) is 32.6 Å². The molecule has 0 aromatic carbocycles. The maximum atomic E-state index is 14.3. The van der Waals surface area contributed by atoms with Crippen molar-refractivity contribution in [2.45, 2.75) is 94.2 Å². The van der Waals surface area contributed by atoms with Gasteiger partial charge in [0.1, 0.15) is 11.9 Å². The van der Waals surface area contributed by atoms with E-state index in [-0.39, 0.29) is 32.7 Å². The van der Waals surface area contributed by atoms with Crippen molar-refractivity contribution in [1.29, 1.82) is 0 Å². The van der Waals surface area contributed by atoms with Crippen LogP contribution in [0.2, 0.25) is 0 Å². The van der Waals surface area contributed by atoms with E-state index in [2.05, 4.69) is 15.1 Å². The lowest BCUT2D eigenvalue weighted by atomic mass is 9.53. The number of carbonyl (C=O) groups excluding carboxylic acids is 1. The van der Waals surface area contributed by atoms with Crippen LogP contribution in [-0.2, 0) is 15.8 Å². The zero-order valence-electron chi connectivity index (χ0n) is 21.3. The summed E-state index contributed by atoms with van der Waals surface area (Å²) in [5.74, 6) is -0.0459. The number of fused-ring (bicyclic) bond motifs is 3. The van der Waals surface area contributed by atoms with Gasteiger partial charge in [-0.3, -0.25) is 4.90 Å². The van der Waals surface area contributed by atoms with Gasteiger partial charge in [0.05, 0.1) is 9.77 Å². The van der Waals surface area contributed by atoms with E-state index < -0.39 is 48.3 Å². The highest BCUT2D eigenvalue weighted by Gasteiger charge is 2.63. The number of nitrogens with zero attached hydrogens (tertiary/aromatic N) is 4. The molecule has 4 aliphatic rings. The maximum Gasteiger partial charge on any atom is 0.417 e. The largest absolute Gasteiger partial charge is 0.446 e. The highest BCUT2D eigenvalue weighted by atomic mass is 127. The van der Waals surface area contributed by atoms with Gasteiger partial charge in [-0.1, -0.05) is 5.16 Å². The van der Waals surface area contributed by atoms with E-state index in [4.69, 9.17) is 9.26 Å². The van der Waals surface area contributed by atoms with Gasteiger partial charge in [-0.2, -0.15) is 18.2 Å². The summed E-state index contributed by atoms with van der Waals surface area (Å²) >= 11 is 1.77. The molecule has 2 aromatic heterocycles. The lowest BCUT2D eigenvalue weighted by Gasteiger charge is -2.53. The fourth-order valence-corrected chi connectivity index (χ4v) is 6.27. The Bertz CT molecular complexity index is 1230. The Balaban J connectivity index is 1.32. The van der Waals surface area contributed by atoms with Crippen molar-refractivity contribution in [2.24, 2.45) is 5.41 Å². The van der Waals surface area contributed by atoms with Crippen molar-refractivity contribution in [2.75, 3.05) is 11.4 Å². The van der Waals surface area contributed by atoms with Crippen LogP contribution in [0.3, 0.4) is 0 Å². The molecule has 6 rings (SSSR count). The number of anilines is 1. The van der Waals surface area contributed by atoms with Crippen molar-refractivity contribution in [3.8, 4) is 0 Å². The third-order valence-electron chi connectivity index (χ3n) is 8.52. The summed E-state index contributed by atoms with van der Waals surface area (Å²) in [7, 11) is 0. The van der Waals surface area contributed by atoms with Gasteiger partial charge in [-0.15, -0.1) is 0 Å². The number of ether oxygens (including phenoxy) is 1. The molecule has 0 radical (unpaired) electrons. The van der Waals surface area contributed by atoms with E-state index in [0.717, 1.165) is 6.20 Å². The van der Waals surface area contributed by atoms with Crippen LogP contribution in [-0.4, -0.2) is 50.8 Å². The summed E-state index contributed by atoms with van der Waals surface area (Å²) in [6.07, 6.45) is -3.29. The molecule has 4 fully saturated rings. The Kier molecular flexibility index (Phi) is 6.91. The van der Waals surface area contributed by atoms with Crippen LogP contribution >= 0.6 is 22.6 Å². The van der Waals surface area contributed by atoms with Gasteiger partial charge >= 0.3 is 12.3 Å². The molecule has 0 saturated heterocycles. The average molecular weight is 670 g/mol. The first-order valence-corrected chi connectivity index (χ1v) is 13.7. The fraction of sp³-hybridized carbons (Fsp3) is 0.680. The molecule has 2 aromatic rings. The van der Waals surface area contributed by atoms with Gasteiger partial charge in [0.15, 0.2) is 22.9 Å². The Hall–Kier alpha value is -2.10. The van der Waals surface area contributed by atoms with Crippen molar-refractivity contribution < 1.29 is 41.1 Å². The first-order valence-electron chi connectivity index (χ1n) is 12.7. The lowest BCUT2D eigenvalue weighted by Crippen LogP contribution is -2.59. The molecule has 14 heteroatoms. The molecule has 4 aliphatic carbocycles. The zero-order valence-corrected chi connectivity index (χ0v) is 23.5. The van der Waals surface area contributed by atoms with Crippen molar-refractivity contribution in [3.05, 3.63) is 33.4 Å². The maximum absolute atomic E-state index is 14.3. The van der Waals surface area contributed by atoms with Gasteiger partial charge in [-0.25, -0.2) is 18.6 Å². The minimum absolute atomic E-state index is 0.0754. The number of alkyl halides is 4. The first-order chi connectivity index (χ1) is 18.0. The van der Waals surface area contributed by atoms with Crippen LogP contribution < -0.4 is 4.90 Å². The second kappa shape index (κ2) is 9.48. The molecule has 8 nitrogen and oxygen atoms in total. The Labute approximate surface area is 234 Å². The summed E-state index contributed by atoms with van der Waals surface area (Å²) < 4.78 is 78.1. The molecule has 0 spiro atoms. The Morgan fingerprint density at radius 3 is 2.31 bits per heavy atom. The number of aromatic nitrogens is 3. The molecular weight excluding hydrogens is 642 g/mol. The molecular formula is C25H28F5IN4O4. The van der Waals surface area contributed by atoms with Crippen LogP contribution in [0.1, 0.15) is 76.9 Å². The second-order valence-electron chi connectivity index (χ2n) is 11.7. The molecule has 0 unspecified atom stereocenters. The van der Waals surface area contributed by atoms with Crippen LogP contribution in [0.15, 0.2) is 16.8 Å². The molecule has 2 bridgehead atoms. The predicted molar refractivity (Wildman–Crippen MR) is 135 cm³/mol. The number of rotatable bonds is 6. The summed E-state index contributed by atoms with van der Waals surface area (Å²) in [5, 5.41) is 13.8. The van der Waals surface area contributed by atoms with Crippen molar-refractivity contribution in [1.82, 2.24) is 15.1 Å². The third kappa shape index (κ3) is 5.22. The number of carbonyl (C=O) groups is 1. The Morgan fingerprint density at radius 2 is 1.79 bits per heavy atom. The van der Waals surface area contributed by atoms with Crippen LogP contribution in [0.5, 0.6) is 0 Å². The topological polar surface area (TPSA) is 102 Å². The number of amides is 1. The number of aliphatic hydroxyl groups is 1. The standard InChI is InChI=1S/C25H28F5IN4O4/c1-21(2,27)19-33-18(34-39-19)23-6-3-22(4-7-23,5-8-23)13-35(17-9-16(31)15(26)12-32-17)20(36)38-14-10-24(37,11-14)25(28,29)30/h9,12,14,37H,3-8,10-11,13H2,1-2H3/t14-,22?,23?,24+. The van der Waals surface area contributed by atoms with Gasteiger partial charge in [0, 0.05) is 24.8 Å². The van der Waals surface area contributed by atoms with Crippen molar-refractivity contribution >= 4 is 34.5 Å². The average Bonchev–Trinajstić information content (AvgIpc) is 3.36. The highest BCUT2D eigenvalue weighted by Crippen LogP contribution is 2.58. The highest BCUT2D eigenvalue weighted by molar-refractivity contribution is 14.1. The van der Waals surface area contributed by atoms with Gasteiger partial charge in [0.25, 0.3) is 5.89 Å². The van der Waals surface area contributed by atoms with E-state index in [1.165, 1.54) is 24.8 Å². The summed E-state index contributed by atoms with van der Waals surface area (Å²) in [6.45, 7) is 2.86. The minimum Gasteiger partial charge on any atom is -0.446 e. The smallest absolute Gasteiger partial charge is 0.417 e. The fourth-order valence-electron chi connectivity index (χ4n) is 5.86. The van der Waals surface area contributed by atoms with E-state index in [1.54, 1.807) is 22.6 Å². The molecule has 2 heterocycles. The van der Waals surface area contributed by atoms with Gasteiger partial charge < -0.3 is 14.4 Å². The zero-order chi connectivity index (χ0) is 28.4. The molecule has 0 atom stereocenters. The summed E-state index contributed by atoms with van der Waals surface area (Å²) in [4.78, 5) is 22.9. The minimum atomic E-state index is -4.82. The lowest BCUT2D eigenvalue weighted by molar-refractivity contribution is -0.305. The number of hydrogen-bond acceptors (Lipinski definition) is 7.